The van der Waals surface area contributed by atoms with Crippen LogP contribution in [-0.4, -0.2) is 45.0 Å². The number of benzene rings is 4. The van der Waals surface area contributed by atoms with E-state index in [1.807, 2.05) is 0 Å². The molecule has 0 fully saturated rings. The molecule has 0 radical (unpaired) electrons. The van der Waals surface area contributed by atoms with Crippen LogP contribution in [0.3, 0.4) is 0 Å². The summed E-state index contributed by atoms with van der Waals surface area (Å²) in [7, 11) is 4.35. The van der Waals surface area contributed by atoms with Gasteiger partial charge >= 0.3 is 5.97 Å². The fourth-order valence-electron chi connectivity index (χ4n) is 4.04. The van der Waals surface area contributed by atoms with Crippen LogP contribution in [0.15, 0.2) is 84.9 Å². The molecule has 0 heterocycles. The van der Waals surface area contributed by atoms with E-state index < -0.39 is 23.7 Å². The standard InChI is InChI=1S/C33H27Cl2N3O8/c1-43-27-16-21(17-28(44-2)30(27)45-3)31(40)36-23-12-8-20(9-13-23)32(41)38-37-29(39)15-10-19-6-4-5-7-26(19)46-33(42)24-14-11-22(34)18-25(24)35/h4-18H,1-3H3,(H,36,40)(H,37,39)(H,38,41)/b15-10+. The number of carbonyl (C=O) groups is 4. The summed E-state index contributed by atoms with van der Waals surface area (Å²) in [6.45, 7) is 0. The Hall–Kier alpha value is -5.52. The van der Waals surface area contributed by atoms with Gasteiger partial charge in [0.1, 0.15) is 5.75 Å². The molecule has 4 rings (SSSR count). The molecule has 0 aliphatic carbocycles. The number of esters is 1. The third kappa shape index (κ3) is 8.35. The molecule has 0 aliphatic rings. The highest BCUT2D eigenvalue weighted by molar-refractivity contribution is 6.36. The molecule has 3 N–H and O–H groups in total. The lowest BCUT2D eigenvalue weighted by molar-refractivity contribution is -0.117. The lowest BCUT2D eigenvalue weighted by atomic mass is 10.1. The number of rotatable bonds is 10. The van der Waals surface area contributed by atoms with Crippen molar-refractivity contribution in [2.75, 3.05) is 26.6 Å². The number of hydrogen-bond donors (Lipinski definition) is 3. The van der Waals surface area contributed by atoms with Gasteiger partial charge in [-0.25, -0.2) is 4.79 Å². The third-order valence-corrected chi connectivity index (χ3v) is 6.87. The number of halogens is 2. The average molecular weight is 664 g/mol. The van der Waals surface area contributed by atoms with Crippen molar-refractivity contribution >= 4 is 58.7 Å². The van der Waals surface area contributed by atoms with Crippen molar-refractivity contribution in [3.05, 3.63) is 117 Å². The molecule has 0 aromatic heterocycles. The highest BCUT2D eigenvalue weighted by Gasteiger charge is 2.18. The molecule has 13 heteroatoms. The third-order valence-electron chi connectivity index (χ3n) is 6.32. The van der Waals surface area contributed by atoms with E-state index in [9.17, 15) is 19.2 Å². The van der Waals surface area contributed by atoms with Crippen LogP contribution in [0.5, 0.6) is 23.0 Å². The van der Waals surface area contributed by atoms with Crippen molar-refractivity contribution in [1.29, 1.82) is 0 Å². The van der Waals surface area contributed by atoms with Gasteiger partial charge in [0.2, 0.25) is 5.75 Å². The van der Waals surface area contributed by atoms with Crippen LogP contribution in [0.2, 0.25) is 10.0 Å². The Bertz CT molecular complexity index is 1780. The van der Waals surface area contributed by atoms with Crippen LogP contribution in [0, 0.1) is 0 Å². The number of para-hydroxylation sites is 1. The summed E-state index contributed by atoms with van der Waals surface area (Å²) < 4.78 is 21.3. The number of hydrogen-bond acceptors (Lipinski definition) is 8. The Balaban J connectivity index is 1.33. The molecular weight excluding hydrogens is 637 g/mol. The second-order valence-electron chi connectivity index (χ2n) is 9.27. The number of methoxy groups -OCH3 is 3. The van der Waals surface area contributed by atoms with Crippen LogP contribution in [0.1, 0.15) is 36.6 Å². The van der Waals surface area contributed by atoms with E-state index in [1.54, 1.807) is 24.3 Å². The van der Waals surface area contributed by atoms with E-state index in [0.29, 0.717) is 33.5 Å². The largest absolute Gasteiger partial charge is 0.493 e. The molecule has 0 bridgehead atoms. The van der Waals surface area contributed by atoms with E-state index >= 15 is 0 Å². The van der Waals surface area contributed by atoms with Gasteiger partial charge in [-0.3, -0.25) is 25.2 Å². The summed E-state index contributed by atoms with van der Waals surface area (Å²) in [6.07, 6.45) is 2.57. The maximum Gasteiger partial charge on any atom is 0.345 e. The minimum absolute atomic E-state index is 0.124. The lowest BCUT2D eigenvalue weighted by Gasteiger charge is -2.14. The van der Waals surface area contributed by atoms with Crippen molar-refractivity contribution in [1.82, 2.24) is 10.9 Å². The molecule has 4 aromatic carbocycles. The molecule has 4 aromatic rings. The van der Waals surface area contributed by atoms with Gasteiger partial charge < -0.3 is 24.3 Å². The fourth-order valence-corrected chi connectivity index (χ4v) is 4.52. The van der Waals surface area contributed by atoms with Crippen molar-refractivity contribution in [2.45, 2.75) is 0 Å². The molecule has 0 aliphatic heterocycles. The topological polar surface area (TPSA) is 141 Å². The van der Waals surface area contributed by atoms with E-state index in [-0.39, 0.29) is 27.5 Å². The highest BCUT2D eigenvalue weighted by atomic mass is 35.5. The number of ether oxygens (including phenoxy) is 4. The molecule has 11 nitrogen and oxygen atoms in total. The maximum atomic E-state index is 12.8. The van der Waals surface area contributed by atoms with Gasteiger partial charge in [0.25, 0.3) is 17.7 Å². The zero-order valence-electron chi connectivity index (χ0n) is 24.7. The van der Waals surface area contributed by atoms with Crippen molar-refractivity contribution < 1.29 is 38.1 Å². The first-order chi connectivity index (χ1) is 22.1. The zero-order chi connectivity index (χ0) is 33.2. The molecule has 0 unspecified atom stereocenters. The maximum absolute atomic E-state index is 12.8. The van der Waals surface area contributed by atoms with Crippen LogP contribution in [0.4, 0.5) is 5.69 Å². The van der Waals surface area contributed by atoms with Gasteiger partial charge in [0.15, 0.2) is 11.5 Å². The van der Waals surface area contributed by atoms with E-state index in [1.165, 1.54) is 82.0 Å². The second kappa shape index (κ2) is 15.5. The Morgan fingerprint density at radius 2 is 1.37 bits per heavy atom. The monoisotopic (exact) mass is 663 g/mol. The van der Waals surface area contributed by atoms with Crippen molar-refractivity contribution in [3.8, 4) is 23.0 Å². The fraction of sp³-hybridized carbons (Fsp3) is 0.0909. The number of anilines is 1. The van der Waals surface area contributed by atoms with Crippen LogP contribution >= 0.6 is 23.2 Å². The first kappa shape index (κ1) is 33.4. The molecule has 0 saturated heterocycles. The summed E-state index contributed by atoms with van der Waals surface area (Å²) >= 11 is 12.0. The van der Waals surface area contributed by atoms with Gasteiger partial charge in [-0.2, -0.15) is 0 Å². The van der Waals surface area contributed by atoms with Crippen molar-refractivity contribution in [2.24, 2.45) is 0 Å². The quantitative estimate of drug-likeness (QED) is 0.0816. The molecule has 0 atom stereocenters. The second-order valence-corrected chi connectivity index (χ2v) is 10.1. The lowest BCUT2D eigenvalue weighted by Crippen LogP contribution is -2.40. The predicted molar refractivity (Wildman–Crippen MR) is 173 cm³/mol. The normalized spacial score (nSPS) is 10.5. The van der Waals surface area contributed by atoms with Gasteiger partial charge in [0, 0.05) is 33.5 Å². The molecule has 0 saturated carbocycles. The van der Waals surface area contributed by atoms with E-state index in [4.69, 9.17) is 42.1 Å². The zero-order valence-corrected chi connectivity index (χ0v) is 26.2. The Morgan fingerprint density at radius 1 is 0.696 bits per heavy atom. The van der Waals surface area contributed by atoms with Gasteiger partial charge in [-0.1, -0.05) is 41.4 Å². The number of amides is 3. The first-order valence-electron chi connectivity index (χ1n) is 13.4. The van der Waals surface area contributed by atoms with Crippen LogP contribution in [0.25, 0.3) is 6.08 Å². The Morgan fingerprint density at radius 3 is 2.00 bits per heavy atom. The molecule has 3 amide bonds. The molecule has 46 heavy (non-hydrogen) atoms. The smallest absolute Gasteiger partial charge is 0.345 e. The van der Waals surface area contributed by atoms with Gasteiger partial charge in [0.05, 0.1) is 31.9 Å². The number of nitrogens with one attached hydrogen (secondary N) is 3. The molecule has 0 spiro atoms. The van der Waals surface area contributed by atoms with E-state index in [0.717, 1.165) is 6.08 Å². The predicted octanol–water partition coefficient (Wildman–Crippen LogP) is 5.97. The average Bonchev–Trinajstić information content (AvgIpc) is 3.06. The summed E-state index contributed by atoms with van der Waals surface area (Å²) in [5.74, 6) is -1.21. The Labute approximate surface area is 274 Å². The molecular formula is C33H27Cl2N3O8. The highest BCUT2D eigenvalue weighted by Crippen LogP contribution is 2.38. The molecule has 236 valence electrons. The van der Waals surface area contributed by atoms with Crippen LogP contribution in [-0.2, 0) is 4.79 Å². The summed E-state index contributed by atoms with van der Waals surface area (Å²) in [4.78, 5) is 50.5. The minimum atomic E-state index is -0.703. The summed E-state index contributed by atoms with van der Waals surface area (Å²) in [5.41, 5.74) is 6.03. The van der Waals surface area contributed by atoms with Gasteiger partial charge in [-0.15, -0.1) is 0 Å². The van der Waals surface area contributed by atoms with Gasteiger partial charge in [-0.05, 0) is 66.7 Å². The van der Waals surface area contributed by atoms with Crippen molar-refractivity contribution in [3.63, 3.8) is 0 Å². The number of carbonyl (C=O) groups excluding carboxylic acids is 4. The Kier molecular flexibility index (Phi) is 11.2. The summed E-state index contributed by atoms with van der Waals surface area (Å²) in [6, 6.07) is 20.0. The first-order valence-corrected chi connectivity index (χ1v) is 14.1. The number of hydrazine groups is 1. The SMILES string of the molecule is COc1cc(C(=O)Nc2ccc(C(=O)NNC(=O)/C=C/c3ccccc3OC(=O)c3ccc(Cl)cc3Cl)cc2)cc(OC)c1OC. The minimum Gasteiger partial charge on any atom is -0.493 e. The summed E-state index contributed by atoms with van der Waals surface area (Å²) in [5, 5.41) is 3.24. The van der Waals surface area contributed by atoms with E-state index in [2.05, 4.69) is 16.2 Å². The van der Waals surface area contributed by atoms with Crippen LogP contribution < -0.4 is 35.1 Å².